The van der Waals surface area contributed by atoms with Gasteiger partial charge in [-0.3, -0.25) is 24.6 Å². The summed E-state index contributed by atoms with van der Waals surface area (Å²) < 4.78 is 2.07. The number of anilines is 1. The van der Waals surface area contributed by atoms with E-state index in [1.165, 1.54) is 12.1 Å². The van der Waals surface area contributed by atoms with Crippen LogP contribution in [0.2, 0.25) is 0 Å². The third-order valence-corrected chi connectivity index (χ3v) is 6.80. The van der Waals surface area contributed by atoms with Crippen molar-refractivity contribution in [3.63, 3.8) is 0 Å². The number of nitrogens with zero attached hydrogens (tertiary/aromatic N) is 6. The van der Waals surface area contributed by atoms with Gasteiger partial charge in [0.2, 0.25) is 0 Å². The first-order valence-corrected chi connectivity index (χ1v) is 12.2. The lowest BCUT2D eigenvalue weighted by molar-refractivity contribution is -0.384. The van der Waals surface area contributed by atoms with Gasteiger partial charge in [0.1, 0.15) is 5.82 Å². The average Bonchev–Trinajstić information content (AvgIpc) is 3.35. The quantitative estimate of drug-likeness (QED) is 0.150. The van der Waals surface area contributed by atoms with E-state index in [1.807, 2.05) is 24.3 Å². The second kappa shape index (κ2) is 8.98. The average molecular weight is 489 g/mol. The zero-order chi connectivity index (χ0) is 25.5. The molecule has 0 aliphatic heterocycles. The molecule has 0 bridgehead atoms. The molecule has 0 saturated heterocycles. The van der Waals surface area contributed by atoms with Crippen molar-refractivity contribution in [2.75, 3.05) is 18.0 Å². The van der Waals surface area contributed by atoms with Crippen molar-refractivity contribution >= 4 is 44.2 Å². The van der Waals surface area contributed by atoms with Crippen LogP contribution in [0.25, 0.3) is 49.9 Å². The van der Waals surface area contributed by atoms with Crippen LogP contribution in [0.1, 0.15) is 13.8 Å². The standard InChI is InChI=1S/C29H24N6O2/c1-3-33(4-2)20-11-9-19(10-12-20)29-32-27-23-7-5-17-30-25(23)26-24(8-6-18-31-26)28(27)34(29)21-13-15-22(16-14-21)35(36)37/h5-18H,3-4H2,1-2H3. The lowest BCUT2D eigenvalue weighted by Gasteiger charge is -2.21. The van der Waals surface area contributed by atoms with Crippen LogP contribution in [0.5, 0.6) is 0 Å². The maximum Gasteiger partial charge on any atom is 0.269 e. The molecule has 6 aromatic rings. The number of imidazole rings is 1. The van der Waals surface area contributed by atoms with E-state index in [-0.39, 0.29) is 10.6 Å². The number of hydrogen-bond acceptors (Lipinski definition) is 6. The van der Waals surface area contributed by atoms with Crippen molar-refractivity contribution in [3.05, 3.63) is 95.3 Å². The molecule has 3 heterocycles. The number of aromatic nitrogens is 4. The molecule has 6 rings (SSSR count). The Morgan fingerprint density at radius 3 is 2.05 bits per heavy atom. The minimum Gasteiger partial charge on any atom is -0.372 e. The third kappa shape index (κ3) is 3.65. The first-order chi connectivity index (χ1) is 18.1. The first-order valence-electron chi connectivity index (χ1n) is 12.2. The molecule has 0 radical (unpaired) electrons. The molecule has 8 heteroatoms. The Bertz CT molecular complexity index is 1770. The van der Waals surface area contributed by atoms with Crippen molar-refractivity contribution in [3.8, 4) is 17.1 Å². The zero-order valence-corrected chi connectivity index (χ0v) is 20.5. The van der Waals surface area contributed by atoms with Crippen molar-refractivity contribution < 1.29 is 4.92 Å². The molecular weight excluding hydrogens is 464 g/mol. The number of nitro benzene ring substituents is 1. The highest BCUT2D eigenvalue weighted by Crippen LogP contribution is 2.38. The van der Waals surface area contributed by atoms with Gasteiger partial charge in [-0.05, 0) is 74.5 Å². The number of nitro groups is 1. The molecule has 0 aliphatic rings. The predicted molar refractivity (Wildman–Crippen MR) is 147 cm³/mol. The van der Waals surface area contributed by atoms with E-state index in [9.17, 15) is 10.1 Å². The van der Waals surface area contributed by atoms with Crippen molar-refractivity contribution in [2.45, 2.75) is 13.8 Å². The van der Waals surface area contributed by atoms with Crippen LogP contribution in [0, 0.1) is 10.1 Å². The van der Waals surface area contributed by atoms with Crippen LogP contribution in [-0.4, -0.2) is 37.5 Å². The van der Waals surface area contributed by atoms with E-state index < -0.39 is 0 Å². The van der Waals surface area contributed by atoms with Crippen LogP contribution < -0.4 is 4.90 Å². The topological polar surface area (TPSA) is 90.0 Å². The molecule has 0 amide bonds. The maximum atomic E-state index is 11.3. The van der Waals surface area contributed by atoms with Crippen LogP contribution in [-0.2, 0) is 0 Å². The molecule has 8 nitrogen and oxygen atoms in total. The Labute approximate surface area is 213 Å². The van der Waals surface area contributed by atoms with Gasteiger partial charge in [-0.1, -0.05) is 0 Å². The molecule has 37 heavy (non-hydrogen) atoms. The predicted octanol–water partition coefficient (Wildman–Crippen LogP) is 6.54. The van der Waals surface area contributed by atoms with Gasteiger partial charge in [-0.15, -0.1) is 0 Å². The minimum atomic E-state index is -0.388. The molecule has 182 valence electrons. The van der Waals surface area contributed by atoms with Gasteiger partial charge in [0.25, 0.3) is 5.69 Å². The Hall–Kier alpha value is -4.85. The molecular formula is C29H24N6O2. The largest absolute Gasteiger partial charge is 0.372 e. The fraction of sp³-hybridized carbons (Fsp3) is 0.138. The summed E-state index contributed by atoms with van der Waals surface area (Å²) in [6.07, 6.45) is 3.53. The Morgan fingerprint density at radius 1 is 0.811 bits per heavy atom. The number of pyridine rings is 2. The summed E-state index contributed by atoms with van der Waals surface area (Å²) in [5, 5.41) is 13.1. The van der Waals surface area contributed by atoms with Crippen LogP contribution in [0.3, 0.4) is 0 Å². The Kier molecular flexibility index (Phi) is 5.49. The Balaban J connectivity index is 1.70. The summed E-state index contributed by atoms with van der Waals surface area (Å²) >= 11 is 0. The highest BCUT2D eigenvalue weighted by molar-refractivity contribution is 6.21. The lowest BCUT2D eigenvalue weighted by atomic mass is 10.1. The van der Waals surface area contributed by atoms with Crippen molar-refractivity contribution in [1.82, 2.24) is 19.5 Å². The summed E-state index contributed by atoms with van der Waals surface area (Å²) in [4.78, 5) is 27.7. The second-order valence-corrected chi connectivity index (χ2v) is 8.76. The molecule has 0 aliphatic carbocycles. The smallest absolute Gasteiger partial charge is 0.269 e. The summed E-state index contributed by atoms with van der Waals surface area (Å²) in [6, 6.07) is 22.8. The lowest BCUT2D eigenvalue weighted by Crippen LogP contribution is -2.21. The first kappa shape index (κ1) is 22.6. The Morgan fingerprint density at radius 2 is 1.43 bits per heavy atom. The number of benzene rings is 3. The van der Waals surface area contributed by atoms with Gasteiger partial charge in [-0.2, -0.15) is 0 Å². The van der Waals surface area contributed by atoms with Gasteiger partial charge in [0.05, 0.1) is 27.0 Å². The highest BCUT2D eigenvalue weighted by Gasteiger charge is 2.21. The van der Waals surface area contributed by atoms with Crippen LogP contribution in [0.4, 0.5) is 11.4 Å². The SMILES string of the molecule is CCN(CC)c1ccc(-c2nc3c4cccnc4c4ncccc4c3n2-c2ccc([N+](=O)[O-])cc2)cc1. The van der Waals surface area contributed by atoms with Gasteiger partial charge < -0.3 is 4.90 Å². The van der Waals surface area contributed by atoms with Crippen LogP contribution >= 0.6 is 0 Å². The normalized spacial score (nSPS) is 11.4. The molecule has 3 aromatic heterocycles. The number of non-ortho nitro benzene ring substituents is 1. The van der Waals surface area contributed by atoms with Crippen molar-refractivity contribution in [1.29, 1.82) is 0 Å². The summed E-state index contributed by atoms with van der Waals surface area (Å²) in [6.45, 7) is 6.14. The van der Waals surface area contributed by atoms with E-state index in [0.717, 1.165) is 68.7 Å². The van der Waals surface area contributed by atoms with Gasteiger partial charge >= 0.3 is 0 Å². The summed E-state index contributed by atoms with van der Waals surface area (Å²) in [5.41, 5.74) is 6.20. The highest BCUT2D eigenvalue weighted by atomic mass is 16.6. The summed E-state index contributed by atoms with van der Waals surface area (Å²) in [7, 11) is 0. The van der Waals surface area contributed by atoms with Crippen LogP contribution in [0.15, 0.2) is 85.2 Å². The molecule has 0 N–H and O–H groups in total. The van der Waals surface area contributed by atoms with E-state index in [0.29, 0.717) is 0 Å². The molecule has 0 saturated carbocycles. The zero-order valence-electron chi connectivity index (χ0n) is 20.5. The minimum absolute atomic E-state index is 0.0412. The second-order valence-electron chi connectivity index (χ2n) is 8.76. The molecule has 0 atom stereocenters. The number of hydrogen-bond donors (Lipinski definition) is 0. The van der Waals surface area contributed by atoms with E-state index in [2.05, 4.69) is 57.5 Å². The van der Waals surface area contributed by atoms with Crippen molar-refractivity contribution in [2.24, 2.45) is 0 Å². The fourth-order valence-corrected chi connectivity index (χ4v) is 5.01. The molecule has 0 unspecified atom stereocenters. The van der Waals surface area contributed by atoms with E-state index >= 15 is 0 Å². The number of rotatable bonds is 6. The molecule has 0 fully saturated rings. The number of fused-ring (bicyclic) bond motifs is 6. The summed E-state index contributed by atoms with van der Waals surface area (Å²) in [5.74, 6) is 0.747. The van der Waals surface area contributed by atoms with Gasteiger partial charge in [0.15, 0.2) is 0 Å². The third-order valence-electron chi connectivity index (χ3n) is 6.80. The monoisotopic (exact) mass is 488 g/mol. The fourth-order valence-electron chi connectivity index (χ4n) is 5.01. The van der Waals surface area contributed by atoms with Gasteiger partial charge in [0, 0.05) is 65.3 Å². The van der Waals surface area contributed by atoms with Gasteiger partial charge in [-0.25, -0.2) is 4.98 Å². The maximum absolute atomic E-state index is 11.3. The molecule has 0 spiro atoms. The van der Waals surface area contributed by atoms with E-state index in [4.69, 9.17) is 4.98 Å². The van der Waals surface area contributed by atoms with E-state index in [1.54, 1.807) is 24.5 Å². The molecule has 3 aromatic carbocycles.